The molecule has 0 unspecified atom stereocenters. The van der Waals surface area contributed by atoms with Crippen LogP contribution in [0.25, 0.3) is 10.8 Å². The molecule has 0 radical (unpaired) electrons. The number of nitrogens with zero attached hydrogens (tertiary/aromatic N) is 4. The average Bonchev–Trinajstić information content (AvgIpc) is 3.35. The van der Waals surface area contributed by atoms with E-state index < -0.39 is 6.09 Å². The van der Waals surface area contributed by atoms with E-state index in [4.69, 9.17) is 4.74 Å². The number of benzene rings is 1. The van der Waals surface area contributed by atoms with Gasteiger partial charge in [0.25, 0.3) is 0 Å². The lowest BCUT2D eigenvalue weighted by atomic mass is 9.99. The van der Waals surface area contributed by atoms with Crippen LogP contribution in [0.2, 0.25) is 0 Å². The molecule has 0 saturated heterocycles. The van der Waals surface area contributed by atoms with Crippen molar-refractivity contribution in [3.8, 4) is 5.88 Å². The Morgan fingerprint density at radius 1 is 1.12 bits per heavy atom. The van der Waals surface area contributed by atoms with Crippen molar-refractivity contribution in [3.63, 3.8) is 0 Å². The third kappa shape index (κ3) is 4.78. The molecule has 0 bridgehead atoms. The van der Waals surface area contributed by atoms with E-state index in [0.717, 1.165) is 47.2 Å². The number of imidazole rings is 1. The highest BCUT2D eigenvalue weighted by molar-refractivity contribution is 6.03. The lowest BCUT2D eigenvalue weighted by Gasteiger charge is -2.23. The summed E-state index contributed by atoms with van der Waals surface area (Å²) in [5.74, 6) is 2.68. The lowest BCUT2D eigenvalue weighted by molar-refractivity contribution is 0.187. The van der Waals surface area contributed by atoms with E-state index in [0.29, 0.717) is 30.8 Å². The number of hydrogen-bond donors (Lipinski definition) is 2. The fourth-order valence-corrected chi connectivity index (χ4v) is 4.17. The fraction of sp³-hybridized carbons (Fsp3) is 0.280. The predicted molar refractivity (Wildman–Crippen MR) is 129 cm³/mol. The molecule has 0 saturated carbocycles. The first kappa shape index (κ1) is 21.7. The zero-order valence-electron chi connectivity index (χ0n) is 18.9. The Kier molecular flexibility index (Phi) is 6.24. The number of aryl methyl sites for hydroxylation is 1. The fourth-order valence-electron chi connectivity index (χ4n) is 4.17. The Morgan fingerprint density at radius 3 is 2.91 bits per heavy atom. The van der Waals surface area contributed by atoms with Crippen LogP contribution in [0, 0.1) is 5.92 Å². The number of carbonyl (C=O) groups is 1. The van der Waals surface area contributed by atoms with Crippen molar-refractivity contribution in [3.05, 3.63) is 72.6 Å². The van der Waals surface area contributed by atoms with Crippen LogP contribution in [0.15, 0.2) is 61.2 Å². The van der Waals surface area contributed by atoms with Gasteiger partial charge in [-0.3, -0.25) is 5.32 Å². The molecule has 5 rings (SSSR count). The first-order valence-corrected chi connectivity index (χ1v) is 11.2. The Balaban J connectivity index is 1.19. The summed E-state index contributed by atoms with van der Waals surface area (Å²) < 4.78 is 12.8. The van der Waals surface area contributed by atoms with Crippen LogP contribution >= 0.6 is 0 Å². The van der Waals surface area contributed by atoms with E-state index >= 15 is 0 Å². The zero-order valence-corrected chi connectivity index (χ0v) is 18.9. The van der Waals surface area contributed by atoms with Gasteiger partial charge in [0, 0.05) is 72.7 Å². The van der Waals surface area contributed by atoms with Gasteiger partial charge in [0.2, 0.25) is 5.88 Å². The minimum atomic E-state index is -0.554. The molecule has 0 fully saturated rings. The minimum Gasteiger partial charge on any atom is -0.477 e. The Hall–Kier alpha value is -4.14. The molecule has 2 N–H and O–H groups in total. The normalized spacial score (nSPS) is 14.9. The number of nitrogens with one attached hydrogen (secondary N) is 2. The Morgan fingerprint density at radius 2 is 2.06 bits per heavy atom. The van der Waals surface area contributed by atoms with E-state index in [2.05, 4.69) is 34.9 Å². The average molecular weight is 459 g/mol. The number of hydrogen-bond acceptors (Lipinski definition) is 7. The Bertz CT molecular complexity index is 1290. The van der Waals surface area contributed by atoms with Gasteiger partial charge < -0.3 is 19.4 Å². The number of anilines is 2. The van der Waals surface area contributed by atoms with E-state index in [1.54, 1.807) is 6.20 Å². The highest BCUT2D eigenvalue weighted by atomic mass is 16.5. The molecule has 174 valence electrons. The molecule has 4 heterocycles. The highest BCUT2D eigenvalue weighted by Gasteiger charge is 2.19. The minimum absolute atomic E-state index is 0.456. The van der Waals surface area contributed by atoms with Crippen LogP contribution < -0.4 is 15.4 Å². The molecule has 1 aromatic carbocycles. The number of rotatable bonds is 7. The van der Waals surface area contributed by atoms with Crippen molar-refractivity contribution < 1.29 is 14.3 Å². The summed E-state index contributed by atoms with van der Waals surface area (Å²) in [7, 11) is 1.32. The van der Waals surface area contributed by atoms with Gasteiger partial charge in [-0.15, -0.1) is 0 Å². The molecule has 4 aromatic rings. The topological polar surface area (TPSA) is 103 Å². The van der Waals surface area contributed by atoms with Gasteiger partial charge in [-0.1, -0.05) is 18.2 Å². The molecular formula is C25H26N6O3. The number of pyridine rings is 2. The quantitative estimate of drug-likeness (QED) is 0.427. The van der Waals surface area contributed by atoms with E-state index in [1.165, 1.54) is 7.11 Å². The second kappa shape index (κ2) is 9.78. The van der Waals surface area contributed by atoms with Gasteiger partial charge in [0.1, 0.15) is 11.6 Å². The molecule has 0 spiro atoms. The summed E-state index contributed by atoms with van der Waals surface area (Å²) in [6, 6.07) is 11.7. The van der Waals surface area contributed by atoms with Crippen molar-refractivity contribution in [2.45, 2.75) is 25.9 Å². The molecule has 0 aliphatic carbocycles. The summed E-state index contributed by atoms with van der Waals surface area (Å²) in [4.78, 5) is 24.8. The largest absolute Gasteiger partial charge is 0.477 e. The summed E-state index contributed by atoms with van der Waals surface area (Å²) in [5.41, 5.74) is 1.97. The van der Waals surface area contributed by atoms with Gasteiger partial charge in [0.15, 0.2) is 0 Å². The SMILES string of the molecule is COC(=O)Nc1nccc2c(NCc3ccc(OC[C@@H]4CCn5ccnc5C4)nc3)cccc12. The molecule has 34 heavy (non-hydrogen) atoms. The lowest BCUT2D eigenvalue weighted by Crippen LogP contribution is -2.24. The monoisotopic (exact) mass is 458 g/mol. The standard InChI is InChI=1S/C25H26N6O3/c1-33-25(32)30-24-20-3-2-4-21(19(20)7-9-27-24)28-14-18-5-6-23(29-15-18)34-16-17-8-11-31-12-10-26-22(31)13-17/h2-7,9-10,12,15,17,28H,8,11,13-14,16H2,1H3,(H,27,30,32)/t17-/m1/s1. The number of carbonyl (C=O) groups excluding carboxylic acids is 1. The first-order valence-electron chi connectivity index (χ1n) is 11.2. The molecule has 1 aliphatic heterocycles. The maximum absolute atomic E-state index is 11.6. The van der Waals surface area contributed by atoms with Crippen molar-refractivity contribution in [2.24, 2.45) is 5.92 Å². The number of amides is 1. The summed E-state index contributed by atoms with van der Waals surface area (Å²) in [5, 5.41) is 7.87. The van der Waals surface area contributed by atoms with Gasteiger partial charge in [-0.25, -0.2) is 19.7 Å². The third-order valence-corrected chi connectivity index (χ3v) is 6.01. The second-order valence-electron chi connectivity index (χ2n) is 8.24. The highest BCUT2D eigenvalue weighted by Crippen LogP contribution is 2.28. The van der Waals surface area contributed by atoms with Gasteiger partial charge in [-0.05, 0) is 24.1 Å². The maximum atomic E-state index is 11.6. The van der Waals surface area contributed by atoms with Crippen molar-refractivity contribution in [2.75, 3.05) is 24.4 Å². The summed E-state index contributed by atoms with van der Waals surface area (Å²) >= 11 is 0. The second-order valence-corrected chi connectivity index (χ2v) is 8.24. The predicted octanol–water partition coefficient (Wildman–Crippen LogP) is 4.26. The van der Waals surface area contributed by atoms with E-state index in [-0.39, 0.29) is 0 Å². The smallest absolute Gasteiger partial charge is 0.412 e. The molecule has 9 heteroatoms. The molecule has 1 atom stereocenters. The maximum Gasteiger partial charge on any atom is 0.412 e. The van der Waals surface area contributed by atoms with Gasteiger partial charge in [0.05, 0.1) is 13.7 Å². The number of methoxy groups -OCH3 is 1. The third-order valence-electron chi connectivity index (χ3n) is 6.01. The van der Waals surface area contributed by atoms with Crippen molar-refractivity contribution in [1.29, 1.82) is 0 Å². The first-order chi connectivity index (χ1) is 16.7. The number of ether oxygens (including phenoxy) is 2. The van der Waals surface area contributed by atoms with Crippen LogP contribution in [0.3, 0.4) is 0 Å². The molecule has 1 amide bonds. The van der Waals surface area contributed by atoms with Crippen molar-refractivity contribution in [1.82, 2.24) is 19.5 Å². The van der Waals surface area contributed by atoms with E-state index in [1.807, 2.05) is 55.0 Å². The van der Waals surface area contributed by atoms with Gasteiger partial charge >= 0.3 is 6.09 Å². The van der Waals surface area contributed by atoms with Crippen molar-refractivity contribution >= 4 is 28.4 Å². The summed E-state index contributed by atoms with van der Waals surface area (Å²) in [6.07, 6.45) is 8.85. The molecular weight excluding hydrogens is 432 g/mol. The van der Waals surface area contributed by atoms with Crippen LogP contribution in [0.4, 0.5) is 16.3 Å². The number of aromatic nitrogens is 4. The van der Waals surface area contributed by atoms with Crippen LogP contribution in [-0.2, 0) is 24.2 Å². The Labute approximate surface area is 197 Å². The zero-order chi connectivity index (χ0) is 23.3. The molecule has 9 nitrogen and oxygen atoms in total. The molecule has 3 aromatic heterocycles. The summed E-state index contributed by atoms with van der Waals surface area (Å²) in [6.45, 7) is 2.23. The van der Waals surface area contributed by atoms with Crippen LogP contribution in [-0.4, -0.2) is 39.3 Å². The van der Waals surface area contributed by atoms with E-state index in [9.17, 15) is 4.79 Å². The number of fused-ring (bicyclic) bond motifs is 2. The molecule has 1 aliphatic rings. The van der Waals surface area contributed by atoms with Gasteiger partial charge in [-0.2, -0.15) is 0 Å². The van der Waals surface area contributed by atoms with Crippen LogP contribution in [0.1, 0.15) is 17.8 Å². The van der Waals surface area contributed by atoms with Crippen LogP contribution in [0.5, 0.6) is 5.88 Å².